The molecule has 0 aromatic heterocycles. The fourth-order valence-corrected chi connectivity index (χ4v) is 5.53. The van der Waals surface area contributed by atoms with E-state index in [-0.39, 0.29) is 35.9 Å². The topological polar surface area (TPSA) is 75.6 Å². The van der Waals surface area contributed by atoms with Crippen LogP contribution in [0.2, 0.25) is 0 Å². The van der Waals surface area contributed by atoms with Gasteiger partial charge < -0.3 is 15.2 Å². The summed E-state index contributed by atoms with van der Waals surface area (Å²) in [7, 11) is 0. The summed E-state index contributed by atoms with van der Waals surface area (Å²) in [4.78, 5) is 22.8. The number of fused-ring (bicyclic) bond motifs is 1. The molecular formula is C21H31NO4. The van der Waals surface area contributed by atoms with Gasteiger partial charge in [-0.1, -0.05) is 32.1 Å². The average Bonchev–Trinajstić information content (AvgIpc) is 2.92. The molecule has 0 aromatic rings. The van der Waals surface area contributed by atoms with Crippen LogP contribution in [-0.2, 0) is 14.3 Å². The molecule has 5 nitrogen and oxygen atoms in total. The van der Waals surface area contributed by atoms with Crippen molar-refractivity contribution in [3.8, 4) is 0 Å². The molecule has 144 valence electrons. The number of cyclic esters (lactones) is 1. The van der Waals surface area contributed by atoms with E-state index in [1.54, 1.807) is 0 Å². The van der Waals surface area contributed by atoms with Crippen molar-refractivity contribution in [1.29, 1.82) is 0 Å². The van der Waals surface area contributed by atoms with E-state index >= 15 is 0 Å². The SMILES string of the molecule is C=C1CC[C@@H]2[C@@H](C)[C@@](C)(O)CC[C@@]2(C)[C@@H]1C/C=C1/C(=O)OCC1NC=O. The largest absolute Gasteiger partial charge is 0.460 e. The predicted octanol–water partition coefficient (Wildman–Crippen LogP) is 2.74. The number of amides is 1. The highest BCUT2D eigenvalue weighted by molar-refractivity contribution is 5.92. The monoisotopic (exact) mass is 361 g/mol. The summed E-state index contributed by atoms with van der Waals surface area (Å²) >= 11 is 0. The zero-order chi connectivity index (χ0) is 19.1. The maximum atomic E-state index is 12.0. The Balaban J connectivity index is 1.84. The summed E-state index contributed by atoms with van der Waals surface area (Å²) in [5, 5.41) is 13.4. The maximum Gasteiger partial charge on any atom is 0.336 e. The number of esters is 1. The third kappa shape index (κ3) is 3.11. The van der Waals surface area contributed by atoms with Gasteiger partial charge in [0.05, 0.1) is 17.2 Å². The van der Waals surface area contributed by atoms with Crippen molar-refractivity contribution in [1.82, 2.24) is 5.32 Å². The van der Waals surface area contributed by atoms with E-state index in [1.165, 1.54) is 5.57 Å². The van der Waals surface area contributed by atoms with E-state index < -0.39 is 5.60 Å². The van der Waals surface area contributed by atoms with Gasteiger partial charge in [0.2, 0.25) is 6.41 Å². The van der Waals surface area contributed by atoms with Crippen molar-refractivity contribution < 1.29 is 19.4 Å². The Hall–Kier alpha value is -1.62. The number of aliphatic hydroxyl groups is 1. The van der Waals surface area contributed by atoms with Crippen molar-refractivity contribution in [2.24, 2.45) is 23.2 Å². The Labute approximate surface area is 155 Å². The fourth-order valence-electron chi connectivity index (χ4n) is 5.53. The van der Waals surface area contributed by atoms with E-state index in [0.717, 1.165) is 32.1 Å². The molecule has 1 unspecified atom stereocenters. The lowest BCUT2D eigenvalue weighted by molar-refractivity contribution is -0.135. The zero-order valence-corrected chi connectivity index (χ0v) is 16.1. The summed E-state index contributed by atoms with van der Waals surface area (Å²) < 4.78 is 5.09. The number of carbonyl (C=O) groups is 2. The predicted molar refractivity (Wildman–Crippen MR) is 99.1 cm³/mol. The second-order valence-electron chi connectivity index (χ2n) is 8.84. The highest BCUT2D eigenvalue weighted by atomic mass is 16.5. The third-order valence-corrected chi connectivity index (χ3v) is 7.50. The molecule has 26 heavy (non-hydrogen) atoms. The Morgan fingerprint density at radius 2 is 2.12 bits per heavy atom. The number of allylic oxidation sites excluding steroid dienone is 2. The molecular weight excluding hydrogens is 330 g/mol. The van der Waals surface area contributed by atoms with Gasteiger partial charge in [0.25, 0.3) is 0 Å². The molecule has 1 heterocycles. The Kier molecular flexibility index (Phi) is 5.04. The first-order valence-corrected chi connectivity index (χ1v) is 9.67. The quantitative estimate of drug-likeness (QED) is 0.349. The fraction of sp³-hybridized carbons (Fsp3) is 0.714. The third-order valence-electron chi connectivity index (χ3n) is 7.50. The van der Waals surface area contributed by atoms with Gasteiger partial charge in [0.1, 0.15) is 6.61 Å². The average molecular weight is 361 g/mol. The Morgan fingerprint density at radius 3 is 2.81 bits per heavy atom. The lowest BCUT2D eigenvalue weighted by atomic mass is 9.48. The van der Waals surface area contributed by atoms with Crippen LogP contribution in [0.3, 0.4) is 0 Å². The molecule has 1 amide bonds. The molecule has 2 saturated carbocycles. The molecule has 3 rings (SSSR count). The van der Waals surface area contributed by atoms with E-state index in [1.807, 2.05) is 13.0 Å². The van der Waals surface area contributed by atoms with Gasteiger partial charge in [-0.25, -0.2) is 4.79 Å². The van der Waals surface area contributed by atoms with Gasteiger partial charge in [-0.2, -0.15) is 0 Å². The Morgan fingerprint density at radius 1 is 1.38 bits per heavy atom. The van der Waals surface area contributed by atoms with E-state index in [9.17, 15) is 14.7 Å². The molecule has 5 heteroatoms. The second-order valence-corrected chi connectivity index (χ2v) is 8.84. The maximum absolute atomic E-state index is 12.0. The van der Waals surface area contributed by atoms with Gasteiger partial charge in [-0.3, -0.25) is 4.79 Å². The minimum absolute atomic E-state index is 0.0736. The minimum Gasteiger partial charge on any atom is -0.460 e. The van der Waals surface area contributed by atoms with Crippen LogP contribution in [0, 0.1) is 23.2 Å². The molecule has 6 atom stereocenters. The standard InChI is InChI=1S/C21H31NO4/c1-13-5-7-17-14(2)21(4,25)10-9-20(17,3)16(13)8-6-15-18(22-12-23)11-26-19(15)24/h6,12,14,16-18,25H,1,5,7-11H2,2-4H3,(H,22,23)/b15-6+/t14-,16-,17-,18?,20+,21+/m1/s1. The van der Waals surface area contributed by atoms with Crippen LogP contribution in [0.15, 0.2) is 23.8 Å². The highest BCUT2D eigenvalue weighted by Crippen LogP contribution is 2.59. The van der Waals surface area contributed by atoms with E-state index in [2.05, 4.69) is 25.7 Å². The van der Waals surface area contributed by atoms with Crippen molar-refractivity contribution in [3.63, 3.8) is 0 Å². The van der Waals surface area contributed by atoms with Crippen LogP contribution in [0.4, 0.5) is 0 Å². The molecule has 0 aromatic carbocycles. The van der Waals surface area contributed by atoms with Gasteiger partial charge in [-0.15, -0.1) is 0 Å². The number of rotatable bonds is 4. The molecule has 2 N–H and O–H groups in total. The number of carbonyl (C=O) groups excluding carboxylic acids is 2. The van der Waals surface area contributed by atoms with Gasteiger partial charge >= 0.3 is 5.97 Å². The lowest BCUT2D eigenvalue weighted by Gasteiger charge is -2.58. The van der Waals surface area contributed by atoms with Crippen molar-refractivity contribution in [3.05, 3.63) is 23.8 Å². The van der Waals surface area contributed by atoms with E-state index in [0.29, 0.717) is 17.9 Å². The lowest BCUT2D eigenvalue weighted by Crippen LogP contribution is -2.54. The number of hydrogen-bond acceptors (Lipinski definition) is 4. The highest BCUT2D eigenvalue weighted by Gasteiger charge is 2.54. The first-order valence-electron chi connectivity index (χ1n) is 9.67. The van der Waals surface area contributed by atoms with Crippen molar-refractivity contribution >= 4 is 12.4 Å². The molecule has 0 radical (unpaired) electrons. The number of ether oxygens (including phenoxy) is 1. The van der Waals surface area contributed by atoms with Crippen LogP contribution in [-0.4, -0.2) is 35.7 Å². The van der Waals surface area contributed by atoms with Crippen molar-refractivity contribution in [2.45, 2.75) is 64.5 Å². The number of hydrogen-bond donors (Lipinski definition) is 2. The van der Waals surface area contributed by atoms with Gasteiger partial charge in [0.15, 0.2) is 0 Å². The molecule has 2 aliphatic carbocycles. The summed E-state index contributed by atoms with van der Waals surface area (Å²) in [6.07, 6.45) is 7.06. The van der Waals surface area contributed by atoms with Gasteiger partial charge in [0, 0.05) is 0 Å². The van der Waals surface area contributed by atoms with Gasteiger partial charge in [-0.05, 0) is 62.2 Å². The van der Waals surface area contributed by atoms with Crippen molar-refractivity contribution in [2.75, 3.05) is 6.61 Å². The molecule has 1 aliphatic heterocycles. The second kappa shape index (κ2) is 6.84. The van der Waals surface area contributed by atoms with Crippen LogP contribution >= 0.6 is 0 Å². The summed E-state index contributed by atoms with van der Waals surface area (Å²) in [6.45, 7) is 11.0. The van der Waals surface area contributed by atoms with E-state index in [4.69, 9.17) is 4.74 Å². The Bertz CT molecular complexity index is 638. The van der Waals surface area contributed by atoms with Crippen LogP contribution in [0.5, 0.6) is 0 Å². The smallest absolute Gasteiger partial charge is 0.336 e. The normalized spacial score (nSPS) is 44.5. The number of nitrogens with one attached hydrogen (secondary N) is 1. The summed E-state index contributed by atoms with van der Waals surface area (Å²) in [5.74, 6) is 0.620. The summed E-state index contributed by atoms with van der Waals surface area (Å²) in [6, 6.07) is -0.355. The van der Waals surface area contributed by atoms with Crippen LogP contribution in [0.25, 0.3) is 0 Å². The molecule has 3 aliphatic rings. The molecule has 1 saturated heterocycles. The minimum atomic E-state index is -0.611. The molecule has 0 spiro atoms. The zero-order valence-electron chi connectivity index (χ0n) is 16.1. The van der Waals surface area contributed by atoms with Crippen LogP contribution < -0.4 is 5.32 Å². The molecule has 0 bridgehead atoms. The first-order chi connectivity index (χ1) is 12.2. The summed E-state index contributed by atoms with van der Waals surface area (Å²) in [5.41, 5.74) is 1.25. The first kappa shape index (κ1) is 19.2. The molecule has 3 fully saturated rings. The van der Waals surface area contributed by atoms with Crippen LogP contribution in [0.1, 0.15) is 52.9 Å².